The minimum Gasteiger partial charge on any atom is -0.493 e. The third-order valence-corrected chi connectivity index (χ3v) is 3.69. The Kier molecular flexibility index (Phi) is 8.26. The van der Waals surface area contributed by atoms with Crippen molar-refractivity contribution in [2.24, 2.45) is 7.05 Å². The number of amides is 1. The van der Waals surface area contributed by atoms with Gasteiger partial charge in [0, 0.05) is 30.6 Å². The quantitative estimate of drug-likeness (QED) is 0.785. The van der Waals surface area contributed by atoms with Crippen molar-refractivity contribution in [3.8, 4) is 11.5 Å². The molecular weight excluding hydrogens is 348 g/mol. The Morgan fingerprint density at radius 3 is 2.30 bits per heavy atom. The van der Waals surface area contributed by atoms with E-state index in [0.29, 0.717) is 22.6 Å². The summed E-state index contributed by atoms with van der Waals surface area (Å²) in [4.78, 5) is 36.5. The van der Waals surface area contributed by atoms with E-state index in [9.17, 15) is 14.4 Å². The Labute approximate surface area is 158 Å². The summed E-state index contributed by atoms with van der Waals surface area (Å²) in [6.07, 6.45) is 3.10. The first-order valence-electron chi connectivity index (χ1n) is 8.57. The number of ketones is 1. The number of benzene rings is 1. The predicted octanol–water partition coefficient (Wildman–Crippen LogP) is 2.35. The number of carbonyl (C=O) groups is 2. The second-order valence-electron chi connectivity index (χ2n) is 5.53. The van der Waals surface area contributed by atoms with Crippen LogP contribution in [0.25, 0.3) is 0 Å². The standard InChI is InChI=1S/C18H20N2O5.C2H6/c1-11-9-20(2)10-13(17(11)22)14(21)8-19-18(23)12-5-6-15(24-3)16(7-12)25-4;1-2/h5-7,9-10H,8H2,1-4H3,(H,19,23);1-2H3. The number of nitrogens with zero attached hydrogens (tertiary/aromatic N) is 1. The zero-order valence-electron chi connectivity index (χ0n) is 16.6. The monoisotopic (exact) mass is 374 g/mol. The van der Waals surface area contributed by atoms with Crippen LogP contribution in [0.15, 0.2) is 35.4 Å². The van der Waals surface area contributed by atoms with Crippen molar-refractivity contribution in [1.29, 1.82) is 0 Å². The van der Waals surface area contributed by atoms with Gasteiger partial charge in [-0.1, -0.05) is 13.8 Å². The Morgan fingerprint density at radius 1 is 1.07 bits per heavy atom. The van der Waals surface area contributed by atoms with Crippen molar-refractivity contribution in [1.82, 2.24) is 9.88 Å². The van der Waals surface area contributed by atoms with Gasteiger partial charge in [-0.05, 0) is 25.1 Å². The summed E-state index contributed by atoms with van der Waals surface area (Å²) in [5.41, 5.74) is 0.515. The van der Waals surface area contributed by atoms with E-state index in [1.54, 1.807) is 36.9 Å². The topological polar surface area (TPSA) is 86.6 Å². The van der Waals surface area contributed by atoms with Crippen LogP contribution in [0.5, 0.6) is 11.5 Å². The van der Waals surface area contributed by atoms with E-state index < -0.39 is 11.7 Å². The number of methoxy groups -OCH3 is 2. The molecule has 0 saturated carbocycles. The molecule has 0 atom stereocenters. The lowest BCUT2D eigenvalue weighted by atomic mass is 10.1. The van der Waals surface area contributed by atoms with Gasteiger partial charge in [-0.15, -0.1) is 0 Å². The van der Waals surface area contributed by atoms with Crippen molar-refractivity contribution < 1.29 is 19.1 Å². The van der Waals surface area contributed by atoms with E-state index in [-0.39, 0.29) is 17.5 Å². The molecule has 0 bridgehead atoms. The number of carbonyl (C=O) groups excluding carboxylic acids is 2. The van der Waals surface area contributed by atoms with Crippen LogP contribution in [-0.2, 0) is 7.05 Å². The summed E-state index contributed by atoms with van der Waals surface area (Å²) in [6.45, 7) is 5.37. The highest BCUT2D eigenvalue weighted by atomic mass is 16.5. The molecule has 0 aliphatic heterocycles. The van der Waals surface area contributed by atoms with Crippen molar-refractivity contribution in [2.75, 3.05) is 20.8 Å². The molecule has 2 rings (SSSR count). The number of ether oxygens (including phenoxy) is 2. The largest absolute Gasteiger partial charge is 0.493 e. The Bertz CT molecular complexity index is 871. The minimum atomic E-state index is -0.446. The number of aromatic nitrogens is 1. The highest BCUT2D eigenvalue weighted by Crippen LogP contribution is 2.27. The normalized spacial score (nSPS) is 9.70. The molecule has 0 saturated heterocycles. The fourth-order valence-electron chi connectivity index (χ4n) is 2.41. The van der Waals surface area contributed by atoms with Gasteiger partial charge in [0.25, 0.3) is 5.91 Å². The van der Waals surface area contributed by atoms with Gasteiger partial charge in [0.2, 0.25) is 0 Å². The molecular formula is C20H26N2O5. The van der Waals surface area contributed by atoms with Crippen LogP contribution in [0.1, 0.15) is 40.1 Å². The number of Topliss-reactive ketones (excluding diaryl/α,β-unsaturated/α-hetero) is 1. The Hall–Kier alpha value is -3.09. The molecule has 1 heterocycles. The average Bonchev–Trinajstić information content (AvgIpc) is 2.69. The highest BCUT2D eigenvalue weighted by molar-refractivity contribution is 6.02. The van der Waals surface area contributed by atoms with Crippen LogP contribution < -0.4 is 20.2 Å². The molecule has 0 spiro atoms. The summed E-state index contributed by atoms with van der Waals surface area (Å²) in [6, 6.07) is 4.68. The van der Waals surface area contributed by atoms with Crippen molar-refractivity contribution in [3.05, 3.63) is 57.5 Å². The Morgan fingerprint density at radius 2 is 1.70 bits per heavy atom. The highest BCUT2D eigenvalue weighted by Gasteiger charge is 2.15. The van der Waals surface area contributed by atoms with E-state index in [0.717, 1.165) is 0 Å². The third kappa shape index (κ3) is 5.44. The minimum absolute atomic E-state index is 0.0510. The molecule has 27 heavy (non-hydrogen) atoms. The molecule has 0 aliphatic rings. The molecule has 146 valence electrons. The summed E-state index contributed by atoms with van der Waals surface area (Å²) in [5, 5.41) is 2.52. The number of hydrogen-bond donors (Lipinski definition) is 1. The van der Waals surface area contributed by atoms with E-state index in [1.165, 1.54) is 26.5 Å². The maximum Gasteiger partial charge on any atom is 0.251 e. The smallest absolute Gasteiger partial charge is 0.251 e. The second-order valence-corrected chi connectivity index (χ2v) is 5.53. The van der Waals surface area contributed by atoms with Gasteiger partial charge < -0.3 is 19.4 Å². The van der Waals surface area contributed by atoms with Crippen LogP contribution >= 0.6 is 0 Å². The Balaban J connectivity index is 0.00000176. The number of aryl methyl sites for hydroxylation is 2. The molecule has 2 aromatic rings. The summed E-state index contributed by atoms with van der Waals surface area (Å²) in [7, 11) is 4.70. The van der Waals surface area contributed by atoms with E-state index in [2.05, 4.69) is 5.32 Å². The zero-order chi connectivity index (χ0) is 20.6. The molecule has 1 amide bonds. The van der Waals surface area contributed by atoms with E-state index in [4.69, 9.17) is 9.47 Å². The number of rotatable bonds is 6. The van der Waals surface area contributed by atoms with E-state index in [1.807, 2.05) is 13.8 Å². The number of nitrogens with one attached hydrogen (secondary N) is 1. The second kappa shape index (κ2) is 10.2. The maximum atomic E-state index is 12.3. The fourth-order valence-corrected chi connectivity index (χ4v) is 2.41. The van der Waals surface area contributed by atoms with Crippen molar-refractivity contribution in [3.63, 3.8) is 0 Å². The van der Waals surface area contributed by atoms with Gasteiger partial charge in [0.15, 0.2) is 22.7 Å². The lowest BCUT2D eigenvalue weighted by Crippen LogP contribution is -2.32. The molecule has 0 radical (unpaired) electrons. The molecule has 0 fully saturated rings. The maximum absolute atomic E-state index is 12.3. The van der Waals surface area contributed by atoms with E-state index >= 15 is 0 Å². The number of pyridine rings is 1. The zero-order valence-corrected chi connectivity index (χ0v) is 16.6. The lowest BCUT2D eigenvalue weighted by Gasteiger charge is -2.10. The van der Waals surface area contributed by atoms with Crippen molar-refractivity contribution >= 4 is 11.7 Å². The molecule has 7 nitrogen and oxygen atoms in total. The van der Waals surface area contributed by atoms with Crippen LogP contribution in [0.4, 0.5) is 0 Å². The van der Waals surface area contributed by atoms with Crippen LogP contribution in [0.2, 0.25) is 0 Å². The SMILES string of the molecule is CC.COc1ccc(C(=O)NCC(=O)c2cn(C)cc(C)c2=O)cc1OC. The summed E-state index contributed by atoms with van der Waals surface area (Å²) >= 11 is 0. The molecule has 0 unspecified atom stereocenters. The lowest BCUT2D eigenvalue weighted by molar-refractivity contribution is 0.0903. The van der Waals surface area contributed by atoms with Crippen LogP contribution in [0.3, 0.4) is 0 Å². The van der Waals surface area contributed by atoms with Crippen LogP contribution in [-0.4, -0.2) is 37.0 Å². The van der Waals surface area contributed by atoms with Gasteiger partial charge in [0.05, 0.1) is 26.3 Å². The average molecular weight is 374 g/mol. The first-order valence-corrected chi connectivity index (χ1v) is 8.57. The molecule has 7 heteroatoms. The fraction of sp³-hybridized carbons (Fsp3) is 0.350. The molecule has 1 N–H and O–H groups in total. The molecule has 0 aliphatic carbocycles. The van der Waals surface area contributed by atoms with Gasteiger partial charge in [-0.2, -0.15) is 0 Å². The van der Waals surface area contributed by atoms with Gasteiger partial charge >= 0.3 is 0 Å². The first kappa shape index (κ1) is 22.0. The van der Waals surface area contributed by atoms with Gasteiger partial charge in [-0.3, -0.25) is 14.4 Å². The number of hydrogen-bond acceptors (Lipinski definition) is 5. The molecule has 1 aromatic carbocycles. The summed E-state index contributed by atoms with van der Waals surface area (Å²) < 4.78 is 11.9. The van der Waals surface area contributed by atoms with Crippen LogP contribution in [0, 0.1) is 6.92 Å². The third-order valence-electron chi connectivity index (χ3n) is 3.69. The van der Waals surface area contributed by atoms with Gasteiger partial charge in [-0.25, -0.2) is 0 Å². The first-order chi connectivity index (χ1) is 12.9. The van der Waals surface area contributed by atoms with Gasteiger partial charge in [0.1, 0.15) is 0 Å². The summed E-state index contributed by atoms with van der Waals surface area (Å²) in [5.74, 6) is 0.0179. The predicted molar refractivity (Wildman–Crippen MR) is 104 cm³/mol. The van der Waals surface area contributed by atoms with Crippen molar-refractivity contribution in [2.45, 2.75) is 20.8 Å². The molecule has 1 aromatic heterocycles.